The number of rotatable bonds is 3. The van der Waals surface area contributed by atoms with Crippen LogP contribution < -0.4 is 0 Å². The molecule has 2 aromatic rings. The Labute approximate surface area is 136 Å². The zero-order valence-corrected chi connectivity index (χ0v) is 13.6. The van der Waals surface area contributed by atoms with Crippen LogP contribution in [-0.4, -0.2) is 18.0 Å². The van der Waals surface area contributed by atoms with E-state index < -0.39 is 0 Å². The smallest absolute Gasteiger partial charge is 0.0595 e. The first kappa shape index (κ1) is 14.9. The summed E-state index contributed by atoms with van der Waals surface area (Å²) in [5.74, 6) is 1.16. The van der Waals surface area contributed by atoms with Gasteiger partial charge < -0.3 is 0 Å². The van der Waals surface area contributed by atoms with Crippen molar-refractivity contribution in [2.75, 3.05) is 13.1 Å². The zero-order chi connectivity index (χ0) is 14.8. The van der Waals surface area contributed by atoms with Gasteiger partial charge in [-0.05, 0) is 29.2 Å². The molecular formula is C18H19Cl2N. The van der Waals surface area contributed by atoms with E-state index in [0.717, 1.165) is 19.6 Å². The van der Waals surface area contributed by atoms with Gasteiger partial charge in [0, 0.05) is 25.6 Å². The Bertz CT molecular complexity index is 612. The van der Waals surface area contributed by atoms with Crippen LogP contribution in [0.5, 0.6) is 0 Å². The Balaban J connectivity index is 1.72. The Hall–Kier alpha value is -1.02. The van der Waals surface area contributed by atoms with Gasteiger partial charge in [0.15, 0.2) is 0 Å². The molecule has 0 aliphatic carbocycles. The van der Waals surface area contributed by atoms with Gasteiger partial charge in [-0.2, -0.15) is 0 Å². The number of hydrogen-bond donors (Lipinski definition) is 0. The van der Waals surface area contributed by atoms with Crippen LogP contribution in [-0.2, 0) is 6.54 Å². The fourth-order valence-corrected chi connectivity index (χ4v) is 3.52. The first-order valence-electron chi connectivity index (χ1n) is 7.34. The minimum Gasteiger partial charge on any atom is -0.298 e. The van der Waals surface area contributed by atoms with Crippen molar-refractivity contribution in [1.29, 1.82) is 0 Å². The largest absolute Gasteiger partial charge is 0.298 e. The highest BCUT2D eigenvalue weighted by Crippen LogP contribution is 2.35. The van der Waals surface area contributed by atoms with E-state index in [-0.39, 0.29) is 0 Å². The van der Waals surface area contributed by atoms with Gasteiger partial charge in [0.25, 0.3) is 0 Å². The van der Waals surface area contributed by atoms with Crippen LogP contribution in [0.25, 0.3) is 0 Å². The van der Waals surface area contributed by atoms with Crippen LogP contribution in [0.3, 0.4) is 0 Å². The zero-order valence-electron chi connectivity index (χ0n) is 12.1. The summed E-state index contributed by atoms with van der Waals surface area (Å²) < 4.78 is 0. The second-order valence-corrected chi connectivity index (χ2v) is 6.75. The molecule has 0 amide bonds. The minimum absolute atomic E-state index is 0.531. The van der Waals surface area contributed by atoms with Gasteiger partial charge in [0.2, 0.25) is 0 Å². The molecule has 2 aromatic carbocycles. The van der Waals surface area contributed by atoms with Crippen molar-refractivity contribution in [2.24, 2.45) is 5.92 Å². The molecule has 1 heterocycles. The van der Waals surface area contributed by atoms with Gasteiger partial charge >= 0.3 is 0 Å². The molecule has 0 radical (unpaired) electrons. The summed E-state index contributed by atoms with van der Waals surface area (Å²) in [6.45, 7) is 5.54. The molecule has 1 fully saturated rings. The van der Waals surface area contributed by atoms with E-state index in [2.05, 4.69) is 48.2 Å². The molecule has 3 heteroatoms. The predicted molar refractivity (Wildman–Crippen MR) is 90.1 cm³/mol. The third-order valence-corrected chi connectivity index (χ3v) is 5.05. The first-order valence-corrected chi connectivity index (χ1v) is 8.10. The molecule has 1 aliphatic heterocycles. The molecule has 0 aromatic heterocycles. The highest BCUT2D eigenvalue weighted by molar-refractivity contribution is 6.42. The summed E-state index contributed by atoms with van der Waals surface area (Å²) in [5, 5.41) is 1.29. The molecule has 1 aliphatic rings. The third-order valence-electron chi connectivity index (χ3n) is 4.31. The van der Waals surface area contributed by atoms with E-state index in [9.17, 15) is 0 Å². The number of nitrogens with zero attached hydrogens (tertiary/aromatic N) is 1. The first-order chi connectivity index (χ1) is 10.1. The van der Waals surface area contributed by atoms with Crippen LogP contribution in [0.4, 0.5) is 0 Å². The van der Waals surface area contributed by atoms with Gasteiger partial charge in [-0.15, -0.1) is 0 Å². The lowest BCUT2D eigenvalue weighted by atomic mass is 9.90. The van der Waals surface area contributed by atoms with E-state index in [0.29, 0.717) is 21.9 Å². The molecule has 1 saturated heterocycles. The topological polar surface area (TPSA) is 3.24 Å². The molecule has 0 saturated carbocycles. The van der Waals surface area contributed by atoms with Crippen molar-refractivity contribution >= 4 is 23.2 Å². The van der Waals surface area contributed by atoms with Crippen LogP contribution in [0.15, 0.2) is 48.5 Å². The van der Waals surface area contributed by atoms with E-state index in [1.54, 1.807) is 0 Å². The lowest BCUT2D eigenvalue weighted by Gasteiger charge is -2.17. The van der Waals surface area contributed by atoms with Crippen molar-refractivity contribution in [2.45, 2.75) is 19.4 Å². The van der Waals surface area contributed by atoms with Crippen molar-refractivity contribution < 1.29 is 0 Å². The second kappa shape index (κ2) is 6.39. The number of halogens is 2. The van der Waals surface area contributed by atoms with Crippen LogP contribution in [0, 0.1) is 5.92 Å². The van der Waals surface area contributed by atoms with Gasteiger partial charge in [-0.25, -0.2) is 0 Å². The monoisotopic (exact) mass is 319 g/mol. The van der Waals surface area contributed by atoms with Gasteiger partial charge in [-0.3, -0.25) is 4.90 Å². The highest BCUT2D eigenvalue weighted by atomic mass is 35.5. The molecule has 21 heavy (non-hydrogen) atoms. The fourth-order valence-electron chi connectivity index (χ4n) is 3.21. The minimum atomic E-state index is 0.531. The van der Waals surface area contributed by atoms with Crippen molar-refractivity contribution in [3.63, 3.8) is 0 Å². The van der Waals surface area contributed by atoms with E-state index in [1.165, 1.54) is 11.1 Å². The molecule has 1 nitrogen and oxygen atoms in total. The molecule has 110 valence electrons. The van der Waals surface area contributed by atoms with E-state index in [1.807, 2.05) is 12.1 Å². The average Bonchev–Trinajstić information content (AvgIpc) is 2.84. The SMILES string of the molecule is C[C@H]1CN(Cc2ccccc2)C[C@@H]1c1ccc(Cl)c(Cl)c1. The van der Waals surface area contributed by atoms with E-state index in [4.69, 9.17) is 23.2 Å². The molecular weight excluding hydrogens is 301 g/mol. The predicted octanol–water partition coefficient (Wildman–Crippen LogP) is 5.23. The van der Waals surface area contributed by atoms with Crippen LogP contribution >= 0.6 is 23.2 Å². The van der Waals surface area contributed by atoms with Crippen molar-refractivity contribution in [3.8, 4) is 0 Å². The maximum Gasteiger partial charge on any atom is 0.0595 e. The standard InChI is InChI=1S/C18H19Cl2N/c1-13-10-21(11-14-5-3-2-4-6-14)12-16(13)15-7-8-17(19)18(20)9-15/h2-9,13,16H,10-12H2,1H3/t13-,16-/m0/s1. The summed E-state index contributed by atoms with van der Waals surface area (Å²) in [6.07, 6.45) is 0. The summed E-state index contributed by atoms with van der Waals surface area (Å²) in [7, 11) is 0. The quantitative estimate of drug-likeness (QED) is 0.748. The fraction of sp³-hybridized carbons (Fsp3) is 0.333. The summed E-state index contributed by atoms with van der Waals surface area (Å²) in [6, 6.07) is 16.7. The maximum absolute atomic E-state index is 6.16. The molecule has 0 bridgehead atoms. The number of hydrogen-bond acceptors (Lipinski definition) is 1. The molecule has 2 atom stereocenters. The van der Waals surface area contributed by atoms with E-state index >= 15 is 0 Å². The maximum atomic E-state index is 6.16. The summed E-state index contributed by atoms with van der Waals surface area (Å²) >= 11 is 12.2. The van der Waals surface area contributed by atoms with Crippen molar-refractivity contribution in [3.05, 3.63) is 69.7 Å². The van der Waals surface area contributed by atoms with Gasteiger partial charge in [-0.1, -0.05) is 66.5 Å². The second-order valence-electron chi connectivity index (χ2n) is 5.94. The highest BCUT2D eigenvalue weighted by Gasteiger charge is 2.30. The summed E-state index contributed by atoms with van der Waals surface area (Å²) in [5.41, 5.74) is 2.67. The number of benzene rings is 2. The normalized spacial score (nSPS) is 22.6. The Kier molecular flexibility index (Phi) is 4.54. The third kappa shape index (κ3) is 3.42. The van der Waals surface area contributed by atoms with Crippen molar-refractivity contribution in [1.82, 2.24) is 4.90 Å². The van der Waals surface area contributed by atoms with Crippen LogP contribution in [0.1, 0.15) is 24.0 Å². The Morgan fingerprint density at radius 2 is 1.76 bits per heavy atom. The summed E-state index contributed by atoms with van der Waals surface area (Å²) in [4.78, 5) is 2.52. The van der Waals surface area contributed by atoms with Crippen LogP contribution in [0.2, 0.25) is 10.0 Å². The van der Waals surface area contributed by atoms with Gasteiger partial charge in [0.05, 0.1) is 10.0 Å². The lowest BCUT2D eigenvalue weighted by molar-refractivity contribution is 0.319. The number of likely N-dealkylation sites (tertiary alicyclic amines) is 1. The molecule has 0 unspecified atom stereocenters. The molecule has 3 rings (SSSR count). The molecule has 0 spiro atoms. The van der Waals surface area contributed by atoms with Gasteiger partial charge in [0.1, 0.15) is 0 Å². The molecule has 0 N–H and O–H groups in total. The lowest BCUT2D eigenvalue weighted by Crippen LogP contribution is -2.20. The average molecular weight is 320 g/mol. The Morgan fingerprint density at radius 3 is 2.48 bits per heavy atom. The Morgan fingerprint density at radius 1 is 1.00 bits per heavy atom.